The number of hydrogen-bond acceptors (Lipinski definition) is 3. The lowest BCUT2D eigenvalue weighted by molar-refractivity contribution is -0.137. The number of hydrogen-bond donors (Lipinski definition) is 2. The molecule has 0 bridgehead atoms. The quantitative estimate of drug-likeness (QED) is 0.809. The maximum absolute atomic E-state index is 12.5. The zero-order valence-corrected chi connectivity index (χ0v) is 12.7. The molecule has 8 heteroatoms. The number of carbonyl (C=O) groups is 1. The van der Waals surface area contributed by atoms with Gasteiger partial charge in [0.15, 0.2) is 0 Å². The normalized spacial score (nSPS) is 15.0. The molecule has 0 aliphatic carbocycles. The van der Waals surface area contributed by atoms with E-state index >= 15 is 0 Å². The topological polar surface area (TPSA) is 41.1 Å². The van der Waals surface area contributed by atoms with Crippen molar-refractivity contribution in [1.82, 2.24) is 10.6 Å². The summed E-state index contributed by atoms with van der Waals surface area (Å²) < 4.78 is 37.6. The fraction of sp³-hybridized carbons (Fsp3) is 0.462. The van der Waals surface area contributed by atoms with Gasteiger partial charge in [-0.05, 0) is 18.2 Å². The van der Waals surface area contributed by atoms with Gasteiger partial charge in [-0.25, -0.2) is 0 Å². The molecule has 1 aromatic carbocycles. The molecule has 3 nitrogen and oxygen atoms in total. The van der Waals surface area contributed by atoms with E-state index in [0.717, 1.165) is 37.0 Å². The zero-order chi connectivity index (χ0) is 14.6. The van der Waals surface area contributed by atoms with Crippen molar-refractivity contribution in [3.05, 3.63) is 29.8 Å². The second-order valence-electron chi connectivity index (χ2n) is 4.64. The van der Waals surface area contributed by atoms with E-state index in [1.54, 1.807) is 6.07 Å². The lowest BCUT2D eigenvalue weighted by Crippen LogP contribution is -2.48. The third-order valence-electron chi connectivity index (χ3n) is 2.99. The van der Waals surface area contributed by atoms with E-state index in [9.17, 15) is 18.0 Å². The van der Waals surface area contributed by atoms with Gasteiger partial charge in [0.1, 0.15) is 0 Å². The van der Waals surface area contributed by atoms with Crippen molar-refractivity contribution in [2.24, 2.45) is 5.92 Å². The lowest BCUT2D eigenvalue weighted by Gasteiger charge is -2.27. The van der Waals surface area contributed by atoms with Gasteiger partial charge in [-0.1, -0.05) is 6.07 Å². The lowest BCUT2D eigenvalue weighted by atomic mass is 10.0. The molecule has 0 saturated carbocycles. The minimum Gasteiger partial charge on any atom is -0.355 e. The third-order valence-corrected chi connectivity index (χ3v) is 3.98. The van der Waals surface area contributed by atoms with E-state index < -0.39 is 11.7 Å². The molecule has 2 rings (SSSR count). The Hall–Kier alpha value is -0.920. The molecule has 0 aromatic heterocycles. The summed E-state index contributed by atoms with van der Waals surface area (Å²) in [6.07, 6.45) is -4.35. The van der Waals surface area contributed by atoms with Gasteiger partial charge in [0.05, 0.1) is 11.3 Å². The number of amides is 1. The van der Waals surface area contributed by atoms with Crippen molar-refractivity contribution < 1.29 is 18.0 Å². The molecule has 1 saturated heterocycles. The minimum absolute atomic E-state index is 0. The highest BCUT2D eigenvalue weighted by Gasteiger charge is 2.30. The van der Waals surface area contributed by atoms with Crippen LogP contribution < -0.4 is 10.6 Å². The van der Waals surface area contributed by atoms with Crippen LogP contribution in [-0.4, -0.2) is 31.3 Å². The fourth-order valence-corrected chi connectivity index (χ4v) is 2.50. The van der Waals surface area contributed by atoms with Crippen LogP contribution in [0.4, 0.5) is 13.2 Å². The molecular weight excluding hydrogens is 325 g/mol. The van der Waals surface area contributed by atoms with Gasteiger partial charge < -0.3 is 10.6 Å². The highest BCUT2D eigenvalue weighted by Crippen LogP contribution is 2.31. The predicted octanol–water partition coefficient (Wildman–Crippen LogP) is 2.55. The Labute approximate surface area is 131 Å². The Morgan fingerprint density at radius 3 is 2.67 bits per heavy atom. The van der Waals surface area contributed by atoms with E-state index in [1.807, 2.05) is 0 Å². The maximum Gasteiger partial charge on any atom is 0.416 e. The van der Waals surface area contributed by atoms with Crippen molar-refractivity contribution in [3.8, 4) is 0 Å². The summed E-state index contributed by atoms with van der Waals surface area (Å²) in [5.41, 5.74) is -0.691. The first-order valence-corrected chi connectivity index (χ1v) is 7.21. The van der Waals surface area contributed by atoms with E-state index in [4.69, 9.17) is 0 Å². The number of rotatable bonds is 5. The van der Waals surface area contributed by atoms with Gasteiger partial charge in [-0.2, -0.15) is 13.2 Å². The molecule has 0 unspecified atom stereocenters. The summed E-state index contributed by atoms with van der Waals surface area (Å²) >= 11 is 1.11. The Morgan fingerprint density at radius 2 is 2.10 bits per heavy atom. The Balaban J connectivity index is 0.00000220. The summed E-state index contributed by atoms with van der Waals surface area (Å²) in [5, 5.41) is 5.88. The number of carbonyl (C=O) groups excluding carboxylic acids is 1. The van der Waals surface area contributed by atoms with E-state index in [1.165, 1.54) is 6.07 Å². The molecule has 21 heavy (non-hydrogen) atoms. The van der Waals surface area contributed by atoms with Crippen LogP contribution in [0.3, 0.4) is 0 Å². The van der Waals surface area contributed by atoms with Crippen molar-refractivity contribution in [2.45, 2.75) is 11.1 Å². The molecule has 1 amide bonds. The van der Waals surface area contributed by atoms with Gasteiger partial charge in [-0.3, -0.25) is 4.79 Å². The van der Waals surface area contributed by atoms with E-state index in [-0.39, 0.29) is 24.1 Å². The Bertz CT molecular complexity index is 481. The molecule has 1 aliphatic rings. The van der Waals surface area contributed by atoms with E-state index in [0.29, 0.717) is 17.4 Å². The van der Waals surface area contributed by atoms with Crippen molar-refractivity contribution in [3.63, 3.8) is 0 Å². The molecule has 0 radical (unpaired) electrons. The molecule has 1 fully saturated rings. The number of alkyl halides is 3. The number of thioether (sulfide) groups is 1. The third kappa shape index (κ3) is 5.76. The fourth-order valence-electron chi connectivity index (χ4n) is 1.71. The van der Waals surface area contributed by atoms with Crippen molar-refractivity contribution in [1.29, 1.82) is 0 Å². The molecular formula is C13H16ClF3N2OS. The SMILES string of the molecule is Cl.O=C(CSc1cccc(C(F)(F)F)c1)NCC1CNC1. The van der Waals surface area contributed by atoms with Gasteiger partial charge in [-0.15, -0.1) is 24.2 Å². The zero-order valence-electron chi connectivity index (χ0n) is 11.1. The van der Waals surface area contributed by atoms with Gasteiger partial charge in [0, 0.05) is 30.4 Å². The molecule has 0 atom stereocenters. The average molecular weight is 341 g/mol. The van der Waals surface area contributed by atoms with Crippen molar-refractivity contribution in [2.75, 3.05) is 25.4 Å². The van der Waals surface area contributed by atoms with Gasteiger partial charge >= 0.3 is 6.18 Å². The van der Waals surface area contributed by atoms with Gasteiger partial charge in [0.2, 0.25) is 5.91 Å². The number of benzene rings is 1. The van der Waals surface area contributed by atoms with Crippen LogP contribution in [0.25, 0.3) is 0 Å². The van der Waals surface area contributed by atoms with Crippen LogP contribution in [0.2, 0.25) is 0 Å². The summed E-state index contributed by atoms with van der Waals surface area (Å²) in [7, 11) is 0. The van der Waals surface area contributed by atoms with Crippen LogP contribution in [0, 0.1) is 5.92 Å². The Kier molecular flexibility index (Phi) is 6.83. The molecule has 1 heterocycles. The standard InChI is InChI=1S/C13H15F3N2OS.ClH/c14-13(15,16)10-2-1-3-11(4-10)20-8-12(19)18-7-9-5-17-6-9;/h1-4,9,17H,5-8H2,(H,18,19);1H. The summed E-state index contributed by atoms with van der Waals surface area (Å²) in [4.78, 5) is 12.0. The van der Waals surface area contributed by atoms with Crippen LogP contribution in [0.15, 0.2) is 29.2 Å². The number of halogens is 4. The summed E-state index contributed by atoms with van der Waals surface area (Å²) in [6.45, 7) is 2.43. The molecule has 2 N–H and O–H groups in total. The first-order valence-electron chi connectivity index (χ1n) is 6.22. The largest absolute Gasteiger partial charge is 0.416 e. The molecule has 1 aromatic rings. The minimum atomic E-state index is -4.35. The van der Waals surface area contributed by atoms with Crippen LogP contribution in [0.1, 0.15) is 5.56 Å². The first kappa shape index (κ1) is 18.1. The monoisotopic (exact) mass is 340 g/mol. The molecule has 1 aliphatic heterocycles. The summed E-state index contributed by atoms with van der Waals surface area (Å²) in [6, 6.07) is 5.01. The first-order chi connectivity index (χ1) is 9.45. The van der Waals surface area contributed by atoms with Crippen LogP contribution in [0.5, 0.6) is 0 Å². The Morgan fingerprint density at radius 1 is 1.38 bits per heavy atom. The maximum atomic E-state index is 12.5. The molecule has 118 valence electrons. The van der Waals surface area contributed by atoms with Crippen LogP contribution >= 0.6 is 24.2 Å². The summed E-state index contributed by atoms with van der Waals surface area (Å²) in [5.74, 6) is 0.443. The van der Waals surface area contributed by atoms with E-state index in [2.05, 4.69) is 10.6 Å². The molecule has 0 spiro atoms. The second-order valence-corrected chi connectivity index (χ2v) is 5.69. The highest BCUT2D eigenvalue weighted by molar-refractivity contribution is 8.00. The predicted molar refractivity (Wildman–Crippen MR) is 78.8 cm³/mol. The van der Waals surface area contributed by atoms with Gasteiger partial charge in [0.25, 0.3) is 0 Å². The smallest absolute Gasteiger partial charge is 0.355 e. The highest BCUT2D eigenvalue weighted by atomic mass is 35.5. The number of nitrogens with one attached hydrogen (secondary N) is 2. The van der Waals surface area contributed by atoms with Crippen LogP contribution in [-0.2, 0) is 11.0 Å². The van der Waals surface area contributed by atoms with Crippen molar-refractivity contribution >= 4 is 30.1 Å². The average Bonchev–Trinajstić information content (AvgIpc) is 2.34. The second kappa shape index (κ2) is 7.91.